The number of hydrogen-bond donors (Lipinski definition) is 1. The van der Waals surface area contributed by atoms with E-state index in [9.17, 15) is 9.59 Å². The van der Waals surface area contributed by atoms with E-state index in [0.29, 0.717) is 30.3 Å². The number of nitrogens with one attached hydrogen (secondary N) is 1. The molecule has 3 aromatic rings. The summed E-state index contributed by atoms with van der Waals surface area (Å²) >= 11 is 3.33. The van der Waals surface area contributed by atoms with Crippen LogP contribution < -0.4 is 5.56 Å². The molecule has 31 heavy (non-hydrogen) atoms. The Kier molecular flexibility index (Phi) is 7.13. The number of amides is 1. The lowest BCUT2D eigenvalue weighted by Crippen LogP contribution is -2.36. The van der Waals surface area contributed by atoms with Crippen LogP contribution in [0.5, 0.6) is 0 Å². The maximum Gasteiger partial charge on any atom is 0.259 e. The Morgan fingerprint density at radius 3 is 2.77 bits per heavy atom. The molecule has 1 aliphatic rings. The van der Waals surface area contributed by atoms with Gasteiger partial charge in [-0.3, -0.25) is 9.59 Å². The highest BCUT2D eigenvalue weighted by Gasteiger charge is 2.20. The number of nitrogens with zero attached hydrogens (tertiary/aromatic N) is 2. The van der Waals surface area contributed by atoms with Crippen LogP contribution in [0.25, 0.3) is 10.2 Å². The third-order valence-corrected chi connectivity index (χ3v) is 7.87. The fraction of sp³-hybridized carbons (Fsp3) is 0.458. The Morgan fingerprint density at radius 1 is 1.23 bits per heavy atom. The second-order valence-electron chi connectivity index (χ2n) is 8.31. The Labute approximate surface area is 191 Å². The molecule has 164 valence electrons. The highest BCUT2D eigenvalue weighted by molar-refractivity contribution is 7.98. The van der Waals surface area contributed by atoms with E-state index in [-0.39, 0.29) is 17.5 Å². The molecule has 0 saturated heterocycles. The first-order valence-electron chi connectivity index (χ1n) is 11.0. The van der Waals surface area contributed by atoms with E-state index in [1.165, 1.54) is 16.9 Å². The second-order valence-corrected chi connectivity index (χ2v) is 10.5. The molecule has 4 rings (SSSR count). The van der Waals surface area contributed by atoms with Crippen LogP contribution in [0, 0.1) is 0 Å². The summed E-state index contributed by atoms with van der Waals surface area (Å²) < 4.78 is 0. The van der Waals surface area contributed by atoms with Gasteiger partial charge in [0.25, 0.3) is 5.56 Å². The molecule has 1 aromatic carbocycles. The van der Waals surface area contributed by atoms with Crippen LogP contribution in [0.15, 0.2) is 35.1 Å². The van der Waals surface area contributed by atoms with Crippen molar-refractivity contribution in [3.05, 3.63) is 62.5 Å². The summed E-state index contributed by atoms with van der Waals surface area (Å²) in [6, 6.07) is 10.3. The van der Waals surface area contributed by atoms with Gasteiger partial charge in [-0.15, -0.1) is 11.3 Å². The molecule has 5 nitrogen and oxygen atoms in total. The van der Waals surface area contributed by atoms with Gasteiger partial charge >= 0.3 is 0 Å². The van der Waals surface area contributed by atoms with Crippen LogP contribution >= 0.6 is 23.1 Å². The van der Waals surface area contributed by atoms with E-state index in [1.807, 2.05) is 23.1 Å². The molecule has 1 aliphatic carbocycles. The SMILES string of the molecule is CC(C)N(Cc1ccccc1)C(=O)CCSCc1nc2sc3c(c2c(=O)[nH]1)CCCC3. The Balaban J connectivity index is 1.34. The van der Waals surface area contributed by atoms with Crippen LogP contribution in [0.2, 0.25) is 0 Å². The first-order valence-corrected chi connectivity index (χ1v) is 12.9. The fourth-order valence-corrected chi connectivity index (χ4v) is 6.16. The number of thiophene rings is 1. The summed E-state index contributed by atoms with van der Waals surface area (Å²) in [7, 11) is 0. The van der Waals surface area contributed by atoms with E-state index in [0.717, 1.165) is 35.0 Å². The van der Waals surface area contributed by atoms with E-state index < -0.39 is 0 Å². The van der Waals surface area contributed by atoms with Crippen LogP contribution in [0.1, 0.15) is 54.9 Å². The minimum Gasteiger partial charge on any atom is -0.336 e. The van der Waals surface area contributed by atoms with Gasteiger partial charge in [-0.2, -0.15) is 11.8 Å². The van der Waals surface area contributed by atoms with Gasteiger partial charge in [0, 0.05) is 29.6 Å². The molecule has 0 unspecified atom stereocenters. The highest BCUT2D eigenvalue weighted by Crippen LogP contribution is 2.33. The lowest BCUT2D eigenvalue weighted by Gasteiger charge is -2.27. The lowest BCUT2D eigenvalue weighted by atomic mass is 9.97. The molecule has 0 spiro atoms. The van der Waals surface area contributed by atoms with Crippen molar-refractivity contribution in [2.75, 3.05) is 5.75 Å². The topological polar surface area (TPSA) is 66.1 Å². The van der Waals surface area contributed by atoms with Gasteiger partial charge < -0.3 is 9.88 Å². The average molecular weight is 456 g/mol. The predicted molar refractivity (Wildman–Crippen MR) is 130 cm³/mol. The quantitative estimate of drug-likeness (QED) is 0.490. The maximum atomic E-state index is 12.8. The molecule has 2 heterocycles. The first-order chi connectivity index (χ1) is 15.0. The monoisotopic (exact) mass is 455 g/mol. The summed E-state index contributed by atoms with van der Waals surface area (Å²) in [5.74, 6) is 2.19. The molecule has 1 N–H and O–H groups in total. The van der Waals surface area contributed by atoms with Gasteiger partial charge in [0.05, 0.1) is 11.1 Å². The van der Waals surface area contributed by atoms with Gasteiger partial charge in [0.2, 0.25) is 5.91 Å². The van der Waals surface area contributed by atoms with Crippen molar-refractivity contribution in [2.45, 2.75) is 64.3 Å². The van der Waals surface area contributed by atoms with E-state index in [1.54, 1.807) is 23.1 Å². The lowest BCUT2D eigenvalue weighted by molar-refractivity contribution is -0.133. The fourth-order valence-electron chi connectivity index (χ4n) is 4.09. The van der Waals surface area contributed by atoms with Gasteiger partial charge in [-0.25, -0.2) is 4.98 Å². The highest BCUT2D eigenvalue weighted by atomic mass is 32.2. The molecule has 0 bridgehead atoms. The van der Waals surface area contributed by atoms with Gasteiger partial charge in [0.15, 0.2) is 0 Å². The van der Waals surface area contributed by atoms with E-state index >= 15 is 0 Å². The average Bonchev–Trinajstić information content (AvgIpc) is 3.14. The molecule has 0 saturated carbocycles. The Hall–Kier alpha value is -2.12. The predicted octanol–water partition coefficient (Wildman–Crippen LogP) is 4.92. The third-order valence-electron chi connectivity index (χ3n) is 5.71. The van der Waals surface area contributed by atoms with Crippen molar-refractivity contribution in [1.82, 2.24) is 14.9 Å². The van der Waals surface area contributed by atoms with Gasteiger partial charge in [-0.1, -0.05) is 30.3 Å². The summed E-state index contributed by atoms with van der Waals surface area (Å²) in [5, 5.41) is 0.803. The normalized spacial score (nSPS) is 13.5. The van der Waals surface area contributed by atoms with Crippen molar-refractivity contribution < 1.29 is 4.79 Å². The van der Waals surface area contributed by atoms with Gasteiger partial charge in [-0.05, 0) is 50.7 Å². The molecule has 7 heteroatoms. The number of aromatic amines is 1. The number of benzene rings is 1. The van der Waals surface area contributed by atoms with Crippen LogP contribution in [0.3, 0.4) is 0 Å². The molecular weight excluding hydrogens is 426 g/mol. The molecule has 0 radical (unpaired) electrons. The number of H-pyrrole nitrogens is 1. The minimum absolute atomic E-state index is 0.00933. The van der Waals surface area contributed by atoms with E-state index in [2.05, 4.69) is 31.0 Å². The Morgan fingerprint density at radius 2 is 2.00 bits per heavy atom. The van der Waals surface area contributed by atoms with Crippen LogP contribution in [-0.4, -0.2) is 32.6 Å². The smallest absolute Gasteiger partial charge is 0.259 e. The summed E-state index contributed by atoms with van der Waals surface area (Å²) in [6.45, 7) is 4.74. The standard InChI is InChI=1S/C24H29N3O2S2/c1-16(2)27(14-17-8-4-3-5-9-17)21(28)12-13-30-15-20-25-23(29)22-18-10-6-7-11-19(18)31-24(22)26-20/h3-5,8-9,16H,6-7,10-15H2,1-2H3,(H,25,26,29). The molecule has 1 amide bonds. The first kappa shape index (κ1) is 22.1. The molecule has 0 fully saturated rings. The molecule has 0 aliphatic heterocycles. The van der Waals surface area contributed by atoms with E-state index in [4.69, 9.17) is 4.98 Å². The van der Waals surface area contributed by atoms with Crippen molar-refractivity contribution >= 4 is 39.2 Å². The summed E-state index contributed by atoms with van der Waals surface area (Å²) in [5.41, 5.74) is 2.35. The van der Waals surface area contributed by atoms with Crippen LogP contribution in [0.4, 0.5) is 0 Å². The van der Waals surface area contributed by atoms with Crippen LogP contribution in [-0.2, 0) is 29.9 Å². The van der Waals surface area contributed by atoms with Crippen molar-refractivity contribution in [2.24, 2.45) is 0 Å². The number of carbonyl (C=O) groups is 1. The zero-order valence-electron chi connectivity index (χ0n) is 18.1. The number of aromatic nitrogens is 2. The molecule has 0 atom stereocenters. The second kappa shape index (κ2) is 10.0. The van der Waals surface area contributed by atoms with Crippen molar-refractivity contribution in [3.63, 3.8) is 0 Å². The minimum atomic E-state index is -0.00933. The molecule has 2 aromatic heterocycles. The zero-order valence-corrected chi connectivity index (χ0v) is 19.8. The van der Waals surface area contributed by atoms with Crippen molar-refractivity contribution in [1.29, 1.82) is 0 Å². The number of aryl methyl sites for hydroxylation is 2. The largest absolute Gasteiger partial charge is 0.336 e. The van der Waals surface area contributed by atoms with Crippen molar-refractivity contribution in [3.8, 4) is 0 Å². The Bertz CT molecular complexity index is 1110. The molecular formula is C24H29N3O2S2. The summed E-state index contributed by atoms with van der Waals surface area (Å²) in [6.07, 6.45) is 4.89. The number of hydrogen-bond acceptors (Lipinski definition) is 5. The van der Waals surface area contributed by atoms with Gasteiger partial charge in [0.1, 0.15) is 10.7 Å². The number of thioether (sulfide) groups is 1. The third kappa shape index (κ3) is 5.21. The zero-order chi connectivity index (χ0) is 21.8. The number of rotatable bonds is 8. The maximum absolute atomic E-state index is 12.8. The number of carbonyl (C=O) groups excluding carboxylic acids is 1. The summed E-state index contributed by atoms with van der Waals surface area (Å²) in [4.78, 5) is 37.3. The number of fused-ring (bicyclic) bond motifs is 3.